The van der Waals surface area contributed by atoms with Gasteiger partial charge in [0, 0.05) is 13.0 Å². The predicted molar refractivity (Wildman–Crippen MR) is 89.7 cm³/mol. The van der Waals surface area contributed by atoms with Crippen molar-refractivity contribution >= 4 is 55.3 Å². The Morgan fingerprint density at radius 3 is 2.74 bits per heavy atom. The first kappa shape index (κ1) is 16.8. The maximum Gasteiger partial charge on any atom is 0.252 e. The Morgan fingerprint density at radius 1 is 1.39 bits per heavy atom. The number of thiophene rings is 1. The van der Waals surface area contributed by atoms with Crippen LogP contribution in [0, 0.1) is 0 Å². The molecule has 124 valence electrons. The second-order valence-electron chi connectivity index (χ2n) is 5.09. The maximum absolute atomic E-state index is 12.3. The number of sulfonamides is 1. The van der Waals surface area contributed by atoms with Gasteiger partial charge in [-0.2, -0.15) is 4.31 Å². The largest absolute Gasteiger partial charge is 0.299 e. The number of hydrogen-bond donors (Lipinski definition) is 1. The molecule has 0 aliphatic heterocycles. The molecule has 3 rings (SSSR count). The van der Waals surface area contributed by atoms with Gasteiger partial charge in [0.15, 0.2) is 0 Å². The van der Waals surface area contributed by atoms with E-state index < -0.39 is 15.9 Å². The molecule has 1 aliphatic carbocycles. The number of carbonyl (C=O) groups is 1. The summed E-state index contributed by atoms with van der Waals surface area (Å²) in [5.74, 6) is 0.00186. The van der Waals surface area contributed by atoms with Gasteiger partial charge in [-0.1, -0.05) is 22.9 Å². The molecular weight excluding hydrogens is 380 g/mol. The number of amides is 1. The van der Waals surface area contributed by atoms with Crippen LogP contribution < -0.4 is 5.32 Å². The minimum Gasteiger partial charge on any atom is -0.299 e. The molecule has 1 amide bonds. The minimum atomic E-state index is -3.73. The normalized spacial score (nSPS) is 15.1. The van der Waals surface area contributed by atoms with Crippen LogP contribution >= 0.6 is 34.3 Å². The highest BCUT2D eigenvalue weighted by atomic mass is 35.5. The Balaban J connectivity index is 1.62. The van der Waals surface area contributed by atoms with Crippen molar-refractivity contribution in [2.45, 2.75) is 23.0 Å². The first-order valence-corrected chi connectivity index (χ1v) is 10.2. The number of hydrogen-bond acceptors (Lipinski definition) is 7. The highest BCUT2D eigenvalue weighted by molar-refractivity contribution is 7.91. The minimum absolute atomic E-state index is 0.102. The molecule has 23 heavy (non-hydrogen) atoms. The fourth-order valence-electron chi connectivity index (χ4n) is 1.82. The number of rotatable bonds is 6. The van der Waals surface area contributed by atoms with Crippen LogP contribution in [0.25, 0.3) is 0 Å². The molecule has 2 aromatic heterocycles. The fraction of sp³-hybridized carbons (Fsp3) is 0.417. The van der Waals surface area contributed by atoms with E-state index in [1.54, 1.807) is 0 Å². The quantitative estimate of drug-likeness (QED) is 0.814. The summed E-state index contributed by atoms with van der Waals surface area (Å²) in [6.07, 6.45) is 2.21. The van der Waals surface area contributed by atoms with Crippen LogP contribution in [0.4, 0.5) is 5.13 Å². The monoisotopic (exact) mass is 392 g/mol. The third-order valence-corrected chi connectivity index (χ3v) is 7.70. The van der Waals surface area contributed by atoms with Crippen LogP contribution in [0.1, 0.15) is 23.8 Å². The van der Waals surface area contributed by atoms with Gasteiger partial charge in [0.25, 0.3) is 10.0 Å². The van der Waals surface area contributed by atoms with Crippen LogP contribution in [0.5, 0.6) is 0 Å². The van der Waals surface area contributed by atoms with Gasteiger partial charge in [-0.3, -0.25) is 10.1 Å². The molecule has 0 aromatic carbocycles. The Kier molecular flexibility index (Phi) is 4.70. The summed E-state index contributed by atoms with van der Waals surface area (Å²) in [4.78, 5) is 12.0. The van der Waals surface area contributed by atoms with Gasteiger partial charge in [-0.15, -0.1) is 21.5 Å². The van der Waals surface area contributed by atoms with Crippen molar-refractivity contribution in [1.82, 2.24) is 14.5 Å². The van der Waals surface area contributed by atoms with Gasteiger partial charge < -0.3 is 0 Å². The van der Waals surface area contributed by atoms with E-state index in [-0.39, 0.29) is 10.8 Å². The molecule has 1 N–H and O–H groups in total. The summed E-state index contributed by atoms with van der Waals surface area (Å²) in [5, 5.41) is 11.8. The average molecular weight is 393 g/mol. The number of carbonyl (C=O) groups excluding carboxylic acids is 1. The first-order chi connectivity index (χ1) is 10.9. The fourth-order valence-corrected chi connectivity index (χ4v) is 5.57. The van der Waals surface area contributed by atoms with Crippen LogP contribution in [0.15, 0.2) is 16.3 Å². The predicted octanol–water partition coefficient (Wildman–Crippen LogP) is 2.39. The first-order valence-electron chi connectivity index (χ1n) is 6.71. The Labute approximate surface area is 146 Å². The number of nitrogens with one attached hydrogen (secondary N) is 1. The van der Waals surface area contributed by atoms with E-state index in [4.69, 9.17) is 11.6 Å². The van der Waals surface area contributed by atoms with Crippen LogP contribution in [0.3, 0.4) is 0 Å². The van der Waals surface area contributed by atoms with E-state index in [0.717, 1.165) is 33.5 Å². The van der Waals surface area contributed by atoms with Crippen LogP contribution in [0.2, 0.25) is 4.34 Å². The van der Waals surface area contributed by atoms with Gasteiger partial charge in [0.2, 0.25) is 11.0 Å². The highest BCUT2D eigenvalue weighted by Gasteiger charge is 2.28. The Hall–Kier alpha value is -1.07. The number of nitrogens with zero attached hydrogens (tertiary/aromatic N) is 3. The average Bonchev–Trinajstić information content (AvgIpc) is 3.07. The molecule has 0 radical (unpaired) electrons. The van der Waals surface area contributed by atoms with E-state index in [9.17, 15) is 13.2 Å². The lowest BCUT2D eigenvalue weighted by molar-refractivity contribution is -0.116. The molecule has 0 saturated heterocycles. The summed E-state index contributed by atoms with van der Waals surface area (Å²) in [6.45, 7) is -0.309. The molecule has 2 heterocycles. The van der Waals surface area contributed by atoms with Crippen LogP contribution in [-0.4, -0.2) is 42.4 Å². The molecule has 0 unspecified atom stereocenters. The molecule has 0 spiro atoms. The maximum atomic E-state index is 12.3. The molecule has 2 aromatic rings. The summed E-state index contributed by atoms with van der Waals surface area (Å²) < 4.78 is 26.1. The van der Waals surface area contributed by atoms with E-state index >= 15 is 0 Å². The molecular formula is C12H13ClN4O3S3. The van der Waals surface area contributed by atoms with Crippen molar-refractivity contribution in [3.8, 4) is 0 Å². The second kappa shape index (κ2) is 6.44. The van der Waals surface area contributed by atoms with Crippen molar-refractivity contribution in [2.24, 2.45) is 0 Å². The standard InChI is InChI=1S/C12H13ClN4O3S3/c1-17(23(19,20)10-5-4-8(13)21-10)6-9(18)14-12-16-15-11(22-12)7-2-3-7/h4-5,7H,2-3,6H2,1H3,(H,14,16,18). The zero-order valence-corrected chi connectivity index (χ0v) is 15.2. The molecule has 1 fully saturated rings. The van der Waals surface area contributed by atoms with Gasteiger partial charge in [-0.25, -0.2) is 8.42 Å². The number of likely N-dealkylation sites (N-methyl/N-ethyl adjacent to an activating group) is 1. The topological polar surface area (TPSA) is 92.3 Å². The second-order valence-corrected chi connectivity index (χ2v) is 10.1. The van der Waals surface area contributed by atoms with Gasteiger partial charge in [0.1, 0.15) is 9.22 Å². The summed E-state index contributed by atoms with van der Waals surface area (Å²) in [6, 6.07) is 2.93. The van der Waals surface area contributed by atoms with E-state index in [1.807, 2.05) is 0 Å². The van der Waals surface area contributed by atoms with Gasteiger partial charge in [-0.05, 0) is 25.0 Å². The van der Waals surface area contributed by atoms with Crippen molar-refractivity contribution in [1.29, 1.82) is 0 Å². The zero-order valence-electron chi connectivity index (χ0n) is 12.0. The van der Waals surface area contributed by atoms with Crippen molar-refractivity contribution < 1.29 is 13.2 Å². The summed E-state index contributed by atoms with van der Waals surface area (Å²) in [5.41, 5.74) is 0. The van der Waals surface area contributed by atoms with Crippen LogP contribution in [-0.2, 0) is 14.8 Å². The smallest absolute Gasteiger partial charge is 0.252 e. The lowest BCUT2D eigenvalue weighted by atomic mass is 10.5. The van der Waals surface area contributed by atoms with Crippen molar-refractivity contribution in [3.63, 3.8) is 0 Å². The highest BCUT2D eigenvalue weighted by Crippen LogP contribution is 2.42. The third kappa shape index (κ3) is 3.89. The molecule has 1 aliphatic rings. The van der Waals surface area contributed by atoms with E-state index in [2.05, 4.69) is 15.5 Å². The Morgan fingerprint density at radius 2 is 2.13 bits per heavy atom. The van der Waals surface area contributed by atoms with E-state index in [0.29, 0.717) is 15.4 Å². The van der Waals surface area contributed by atoms with Crippen molar-refractivity contribution in [3.05, 3.63) is 21.5 Å². The molecule has 11 heteroatoms. The number of aromatic nitrogens is 2. The SMILES string of the molecule is CN(CC(=O)Nc1nnc(C2CC2)s1)S(=O)(=O)c1ccc(Cl)s1. The molecule has 1 saturated carbocycles. The zero-order chi connectivity index (χ0) is 16.6. The lowest BCUT2D eigenvalue weighted by Gasteiger charge is -2.14. The summed E-state index contributed by atoms with van der Waals surface area (Å²) in [7, 11) is -2.38. The number of halogens is 1. The lowest BCUT2D eigenvalue weighted by Crippen LogP contribution is -2.34. The molecule has 0 bridgehead atoms. The van der Waals surface area contributed by atoms with E-state index in [1.165, 1.54) is 30.5 Å². The van der Waals surface area contributed by atoms with Gasteiger partial charge in [0.05, 0.1) is 10.9 Å². The Bertz CT molecular complexity index is 828. The molecule has 0 atom stereocenters. The van der Waals surface area contributed by atoms with Crippen molar-refractivity contribution in [2.75, 3.05) is 18.9 Å². The number of anilines is 1. The third-order valence-electron chi connectivity index (χ3n) is 3.19. The van der Waals surface area contributed by atoms with Gasteiger partial charge >= 0.3 is 0 Å². The summed E-state index contributed by atoms with van der Waals surface area (Å²) >= 11 is 8.04. The molecule has 7 nitrogen and oxygen atoms in total.